The maximum absolute atomic E-state index is 5.62. The van der Waals surface area contributed by atoms with Crippen molar-refractivity contribution in [3.05, 3.63) is 78.4 Å². The van der Waals surface area contributed by atoms with Gasteiger partial charge in [0.05, 0.1) is 16.7 Å². The smallest absolute Gasteiger partial charge is 0.0730 e. The van der Waals surface area contributed by atoms with E-state index in [1.807, 2.05) is 24.3 Å². The minimum atomic E-state index is 0.673. The number of benzene rings is 3. The van der Waals surface area contributed by atoms with Crippen LogP contribution in [0.5, 0.6) is 0 Å². The van der Waals surface area contributed by atoms with Crippen LogP contribution in [-0.4, -0.2) is 11.5 Å². The number of aromatic nitrogens is 1. The minimum Gasteiger partial charge on any atom is -0.354 e. The van der Waals surface area contributed by atoms with Gasteiger partial charge in [0.2, 0.25) is 0 Å². The summed E-state index contributed by atoms with van der Waals surface area (Å²) in [6, 6.07) is 24.9. The first-order valence-electron chi connectivity index (χ1n) is 8.19. The van der Waals surface area contributed by atoms with Gasteiger partial charge in [0.1, 0.15) is 0 Å². The molecule has 0 aliphatic heterocycles. The Morgan fingerprint density at radius 3 is 1.92 bits per heavy atom. The van der Waals surface area contributed by atoms with E-state index in [9.17, 15) is 0 Å². The quantitative estimate of drug-likeness (QED) is 0.540. The predicted octanol–water partition coefficient (Wildman–Crippen LogP) is 4.63. The first-order valence-corrected chi connectivity index (χ1v) is 8.19. The van der Waals surface area contributed by atoms with Gasteiger partial charge in [-0.1, -0.05) is 48.5 Å². The maximum atomic E-state index is 5.62. The Balaban J connectivity index is 1.84. The number of nitrogens with one attached hydrogen (secondary N) is 1. The second-order valence-electron chi connectivity index (χ2n) is 5.88. The second kappa shape index (κ2) is 6.30. The number of pyridine rings is 1. The summed E-state index contributed by atoms with van der Waals surface area (Å²) >= 11 is 0. The Morgan fingerprint density at radius 1 is 0.750 bits per heavy atom. The highest BCUT2D eigenvalue weighted by atomic mass is 14.9. The minimum absolute atomic E-state index is 0.673. The van der Waals surface area contributed by atoms with E-state index in [1.54, 1.807) is 0 Å². The molecular weight excluding hydrogens is 294 g/mol. The lowest BCUT2D eigenvalue weighted by molar-refractivity contribution is 0.969. The van der Waals surface area contributed by atoms with Gasteiger partial charge in [-0.3, -0.25) is 0 Å². The second-order valence-corrected chi connectivity index (χ2v) is 5.88. The molecule has 3 N–H and O–H groups in total. The Kier molecular flexibility index (Phi) is 3.85. The average Bonchev–Trinajstić information content (AvgIpc) is 2.63. The molecule has 0 bridgehead atoms. The average molecular weight is 313 g/mol. The fourth-order valence-electron chi connectivity index (χ4n) is 3.04. The van der Waals surface area contributed by atoms with E-state index in [-0.39, 0.29) is 0 Å². The fraction of sp³-hybridized carbons (Fsp3) is 0.0952. The molecule has 118 valence electrons. The zero-order valence-electron chi connectivity index (χ0n) is 13.4. The third-order valence-electron chi connectivity index (χ3n) is 4.24. The van der Waals surface area contributed by atoms with Gasteiger partial charge in [-0.2, -0.15) is 0 Å². The standard InChI is InChI=1S/C21H19N3/c22-14-13-15-9-11-16(12-10-15)23-21-17-5-1-3-7-19(17)24-20-8-4-2-6-18(20)21/h1-12H,13-14,22H2,(H,23,24). The molecule has 3 heteroatoms. The molecule has 0 radical (unpaired) electrons. The predicted molar refractivity (Wildman–Crippen MR) is 102 cm³/mol. The number of hydrogen-bond acceptors (Lipinski definition) is 3. The highest BCUT2D eigenvalue weighted by Crippen LogP contribution is 2.32. The number of nitrogens with two attached hydrogens (primary N) is 1. The van der Waals surface area contributed by atoms with Crippen molar-refractivity contribution >= 4 is 33.2 Å². The summed E-state index contributed by atoms with van der Waals surface area (Å²) in [5.74, 6) is 0. The highest BCUT2D eigenvalue weighted by molar-refractivity contribution is 6.08. The van der Waals surface area contributed by atoms with Gasteiger partial charge in [0, 0.05) is 16.5 Å². The molecular formula is C21H19N3. The maximum Gasteiger partial charge on any atom is 0.0730 e. The first-order chi connectivity index (χ1) is 11.8. The van der Waals surface area contributed by atoms with Crippen molar-refractivity contribution in [2.24, 2.45) is 5.73 Å². The van der Waals surface area contributed by atoms with Gasteiger partial charge < -0.3 is 11.1 Å². The van der Waals surface area contributed by atoms with Crippen molar-refractivity contribution in [1.29, 1.82) is 0 Å². The van der Waals surface area contributed by atoms with Gasteiger partial charge in [0.15, 0.2) is 0 Å². The van der Waals surface area contributed by atoms with Crippen LogP contribution in [0.3, 0.4) is 0 Å². The number of hydrogen-bond donors (Lipinski definition) is 2. The van der Waals surface area contributed by atoms with E-state index < -0.39 is 0 Å². The SMILES string of the molecule is NCCc1ccc(Nc2c3ccccc3nc3ccccc23)cc1. The molecule has 0 saturated heterocycles. The van der Waals surface area contributed by atoms with Gasteiger partial charge in [-0.25, -0.2) is 4.98 Å². The summed E-state index contributed by atoms with van der Waals surface area (Å²) in [5.41, 5.74) is 11.0. The van der Waals surface area contributed by atoms with Crippen LogP contribution in [0.15, 0.2) is 72.8 Å². The topological polar surface area (TPSA) is 50.9 Å². The van der Waals surface area contributed by atoms with Gasteiger partial charge in [-0.05, 0) is 42.8 Å². The Bertz CT molecular complexity index is 937. The molecule has 0 fully saturated rings. The van der Waals surface area contributed by atoms with Crippen LogP contribution in [0, 0.1) is 0 Å². The lowest BCUT2D eigenvalue weighted by Gasteiger charge is -2.13. The van der Waals surface area contributed by atoms with Crippen LogP contribution < -0.4 is 11.1 Å². The fourth-order valence-corrected chi connectivity index (χ4v) is 3.04. The molecule has 4 rings (SSSR count). The summed E-state index contributed by atoms with van der Waals surface area (Å²) in [6.45, 7) is 0.673. The van der Waals surface area contributed by atoms with E-state index >= 15 is 0 Å². The zero-order chi connectivity index (χ0) is 16.4. The molecule has 0 amide bonds. The number of para-hydroxylation sites is 2. The highest BCUT2D eigenvalue weighted by Gasteiger charge is 2.08. The van der Waals surface area contributed by atoms with Crippen LogP contribution in [0.2, 0.25) is 0 Å². The number of fused-ring (bicyclic) bond motifs is 2. The number of anilines is 2. The van der Waals surface area contributed by atoms with E-state index in [4.69, 9.17) is 10.7 Å². The molecule has 0 atom stereocenters. The number of rotatable bonds is 4. The van der Waals surface area contributed by atoms with Crippen molar-refractivity contribution in [3.8, 4) is 0 Å². The lowest BCUT2D eigenvalue weighted by Crippen LogP contribution is -2.02. The molecule has 0 spiro atoms. The van der Waals surface area contributed by atoms with Crippen molar-refractivity contribution in [2.45, 2.75) is 6.42 Å². The zero-order valence-corrected chi connectivity index (χ0v) is 13.4. The molecule has 3 nitrogen and oxygen atoms in total. The van der Waals surface area contributed by atoms with E-state index in [1.165, 1.54) is 5.56 Å². The van der Waals surface area contributed by atoms with Gasteiger partial charge in [-0.15, -0.1) is 0 Å². The Hall–Kier alpha value is -2.91. The molecule has 24 heavy (non-hydrogen) atoms. The summed E-state index contributed by atoms with van der Waals surface area (Å²) in [4.78, 5) is 4.76. The van der Waals surface area contributed by atoms with Crippen LogP contribution in [0.1, 0.15) is 5.56 Å². The molecule has 0 unspecified atom stereocenters. The van der Waals surface area contributed by atoms with Crippen molar-refractivity contribution in [2.75, 3.05) is 11.9 Å². The van der Waals surface area contributed by atoms with Crippen molar-refractivity contribution < 1.29 is 0 Å². The summed E-state index contributed by atoms with van der Waals surface area (Å²) < 4.78 is 0. The van der Waals surface area contributed by atoms with Crippen LogP contribution in [-0.2, 0) is 6.42 Å². The third-order valence-corrected chi connectivity index (χ3v) is 4.24. The largest absolute Gasteiger partial charge is 0.354 e. The third kappa shape index (κ3) is 2.70. The monoisotopic (exact) mass is 313 g/mol. The molecule has 0 aliphatic rings. The van der Waals surface area contributed by atoms with E-state index in [0.717, 1.165) is 39.6 Å². The van der Waals surface area contributed by atoms with Crippen molar-refractivity contribution in [3.63, 3.8) is 0 Å². The Morgan fingerprint density at radius 2 is 1.33 bits per heavy atom. The number of nitrogens with zero attached hydrogens (tertiary/aromatic N) is 1. The summed E-state index contributed by atoms with van der Waals surface area (Å²) in [6.07, 6.45) is 0.904. The van der Waals surface area contributed by atoms with E-state index in [0.29, 0.717) is 6.54 Å². The van der Waals surface area contributed by atoms with Gasteiger partial charge in [0.25, 0.3) is 0 Å². The van der Waals surface area contributed by atoms with Crippen LogP contribution in [0.25, 0.3) is 21.8 Å². The molecule has 0 aliphatic carbocycles. The normalized spacial score (nSPS) is 11.0. The lowest BCUT2D eigenvalue weighted by atomic mass is 10.1. The van der Waals surface area contributed by atoms with Gasteiger partial charge >= 0.3 is 0 Å². The van der Waals surface area contributed by atoms with E-state index in [2.05, 4.69) is 53.8 Å². The Labute approximate surface area is 141 Å². The molecule has 0 saturated carbocycles. The molecule has 1 heterocycles. The summed E-state index contributed by atoms with van der Waals surface area (Å²) in [7, 11) is 0. The first kappa shape index (κ1) is 14.7. The molecule has 4 aromatic rings. The van der Waals surface area contributed by atoms with Crippen molar-refractivity contribution in [1.82, 2.24) is 4.98 Å². The summed E-state index contributed by atoms with van der Waals surface area (Å²) in [5, 5.41) is 5.84. The van der Waals surface area contributed by atoms with Crippen LogP contribution in [0.4, 0.5) is 11.4 Å². The molecule has 3 aromatic carbocycles. The molecule has 1 aromatic heterocycles. The van der Waals surface area contributed by atoms with Crippen LogP contribution >= 0.6 is 0 Å².